The predicted molar refractivity (Wildman–Crippen MR) is 121 cm³/mol. The molecule has 0 fully saturated rings. The molecule has 1 N–H and O–H groups in total. The van der Waals surface area contributed by atoms with Crippen molar-refractivity contribution < 1.29 is 13.6 Å². The normalized spacial score (nSPS) is 10.9. The van der Waals surface area contributed by atoms with Crippen molar-refractivity contribution >= 4 is 34.0 Å². The molecule has 4 rings (SSSR count). The molecule has 0 saturated carbocycles. The number of thiazole rings is 1. The molecule has 4 aromatic rings. The van der Waals surface area contributed by atoms with E-state index in [1.54, 1.807) is 43.3 Å². The van der Waals surface area contributed by atoms with E-state index in [-0.39, 0.29) is 32.0 Å². The van der Waals surface area contributed by atoms with Crippen molar-refractivity contribution in [1.82, 2.24) is 19.7 Å². The van der Waals surface area contributed by atoms with E-state index in [4.69, 9.17) is 11.6 Å². The number of rotatable bonds is 5. The van der Waals surface area contributed by atoms with Gasteiger partial charge in [-0.1, -0.05) is 41.1 Å². The molecular formula is C22H15ClF2N6OS. The average molecular weight is 485 g/mol. The maximum Gasteiger partial charge on any atom is 0.281 e. The number of hydrogen-bond acceptors (Lipinski definition) is 6. The smallest absolute Gasteiger partial charge is 0.281 e. The molecular weight excluding hydrogens is 470 g/mol. The Balaban J connectivity index is 1.73. The number of alkyl halides is 2. The summed E-state index contributed by atoms with van der Waals surface area (Å²) in [6.07, 6.45) is -3.00. The minimum absolute atomic E-state index is 0.0833. The lowest BCUT2D eigenvalue weighted by Crippen LogP contribution is -2.15. The zero-order chi connectivity index (χ0) is 23.7. The number of amides is 1. The van der Waals surface area contributed by atoms with Crippen molar-refractivity contribution in [2.24, 2.45) is 0 Å². The number of nitrogens with zero attached hydrogens (tertiary/aromatic N) is 5. The summed E-state index contributed by atoms with van der Waals surface area (Å²) in [6.45, 7) is 3.26. The van der Waals surface area contributed by atoms with Crippen LogP contribution in [0.1, 0.15) is 38.7 Å². The standard InChI is InChI=1S/C22H15ClF2N6OS/c1-11-6-5-8-14(27-11)18-16(10-26)33-22(28-18)29-21(32)17-12(2)30-31(19(17)20(24)25)15-9-4-3-7-13(15)23/h3-9,20H,1-2H3,(H,28,29,32). The maximum absolute atomic E-state index is 14.1. The number of aryl methyl sites for hydroxylation is 2. The van der Waals surface area contributed by atoms with Crippen LogP contribution < -0.4 is 5.32 Å². The van der Waals surface area contributed by atoms with Gasteiger partial charge in [0.05, 0.1) is 27.7 Å². The van der Waals surface area contributed by atoms with Gasteiger partial charge in [-0.2, -0.15) is 10.4 Å². The Bertz CT molecular complexity index is 1410. The van der Waals surface area contributed by atoms with Gasteiger partial charge in [-0.25, -0.2) is 18.4 Å². The van der Waals surface area contributed by atoms with Crippen LogP contribution in [0.2, 0.25) is 5.02 Å². The number of para-hydroxylation sites is 1. The second kappa shape index (κ2) is 9.05. The third-order valence-corrected chi connectivity index (χ3v) is 5.89. The third-order valence-electron chi connectivity index (χ3n) is 4.69. The first-order valence-corrected chi connectivity index (χ1v) is 10.8. The molecule has 3 aromatic heterocycles. The van der Waals surface area contributed by atoms with Crippen LogP contribution in [0.25, 0.3) is 17.1 Å². The zero-order valence-corrected chi connectivity index (χ0v) is 18.9. The number of anilines is 1. The fraction of sp³-hybridized carbons (Fsp3) is 0.136. The average Bonchev–Trinajstić information content (AvgIpc) is 3.34. The van der Waals surface area contributed by atoms with Crippen molar-refractivity contribution in [1.29, 1.82) is 5.26 Å². The molecule has 11 heteroatoms. The van der Waals surface area contributed by atoms with E-state index in [0.29, 0.717) is 11.4 Å². The molecule has 0 aliphatic rings. The Labute approximate surface area is 196 Å². The first-order chi connectivity index (χ1) is 15.8. The summed E-state index contributed by atoms with van der Waals surface area (Å²) < 4.78 is 29.1. The second-order valence-corrected chi connectivity index (χ2v) is 8.34. The summed E-state index contributed by atoms with van der Waals surface area (Å²) in [5, 5.41) is 16.4. The molecule has 3 heterocycles. The maximum atomic E-state index is 14.1. The van der Waals surface area contributed by atoms with Crippen molar-refractivity contribution in [3.05, 3.63) is 75.0 Å². The first kappa shape index (κ1) is 22.5. The first-order valence-electron chi connectivity index (χ1n) is 9.59. The number of aromatic nitrogens is 4. The molecule has 0 aliphatic carbocycles. The van der Waals surface area contributed by atoms with Gasteiger partial charge in [-0.05, 0) is 38.1 Å². The Morgan fingerprint density at radius 1 is 1.18 bits per heavy atom. The van der Waals surface area contributed by atoms with Crippen molar-refractivity contribution in [3.8, 4) is 23.1 Å². The lowest BCUT2D eigenvalue weighted by molar-refractivity contribution is 0.100. The number of benzene rings is 1. The Hall–Kier alpha value is -3.68. The largest absolute Gasteiger partial charge is 0.298 e. The van der Waals surface area contributed by atoms with Crippen LogP contribution in [0, 0.1) is 25.2 Å². The zero-order valence-electron chi connectivity index (χ0n) is 17.3. The molecule has 0 spiro atoms. The van der Waals surface area contributed by atoms with E-state index in [9.17, 15) is 18.8 Å². The highest BCUT2D eigenvalue weighted by Gasteiger charge is 2.30. The molecule has 166 valence electrons. The van der Waals surface area contributed by atoms with Gasteiger partial charge in [0.2, 0.25) is 0 Å². The molecule has 1 aromatic carbocycles. The molecule has 1 amide bonds. The van der Waals surface area contributed by atoms with E-state index in [2.05, 4.69) is 20.4 Å². The van der Waals surface area contributed by atoms with Gasteiger partial charge in [0, 0.05) is 5.69 Å². The highest BCUT2D eigenvalue weighted by atomic mass is 35.5. The molecule has 0 bridgehead atoms. The molecule has 0 unspecified atom stereocenters. The molecule has 0 saturated heterocycles. The van der Waals surface area contributed by atoms with Gasteiger partial charge in [0.25, 0.3) is 12.3 Å². The van der Waals surface area contributed by atoms with Crippen LogP contribution in [0.15, 0.2) is 42.5 Å². The topological polar surface area (TPSA) is 96.5 Å². The van der Waals surface area contributed by atoms with Crippen LogP contribution >= 0.6 is 22.9 Å². The summed E-state index contributed by atoms with van der Waals surface area (Å²) in [7, 11) is 0. The highest BCUT2D eigenvalue weighted by molar-refractivity contribution is 7.16. The number of pyridine rings is 1. The highest BCUT2D eigenvalue weighted by Crippen LogP contribution is 2.33. The van der Waals surface area contributed by atoms with Gasteiger partial charge in [-0.15, -0.1) is 0 Å². The van der Waals surface area contributed by atoms with Crippen molar-refractivity contribution in [3.63, 3.8) is 0 Å². The summed E-state index contributed by atoms with van der Waals surface area (Å²) in [6, 6.07) is 13.7. The fourth-order valence-electron chi connectivity index (χ4n) is 3.29. The Morgan fingerprint density at radius 2 is 1.94 bits per heavy atom. The lowest BCUT2D eigenvalue weighted by atomic mass is 10.1. The summed E-state index contributed by atoms with van der Waals surface area (Å²) in [5.74, 6) is -0.817. The Kier molecular flexibility index (Phi) is 6.18. The van der Waals surface area contributed by atoms with Gasteiger partial charge in [0.15, 0.2) is 5.13 Å². The fourth-order valence-corrected chi connectivity index (χ4v) is 4.27. The summed E-state index contributed by atoms with van der Waals surface area (Å²) >= 11 is 7.09. The van der Waals surface area contributed by atoms with Crippen LogP contribution in [0.5, 0.6) is 0 Å². The van der Waals surface area contributed by atoms with Crippen LogP contribution in [-0.4, -0.2) is 25.7 Å². The van der Waals surface area contributed by atoms with E-state index < -0.39 is 18.0 Å². The molecule has 0 radical (unpaired) electrons. The lowest BCUT2D eigenvalue weighted by Gasteiger charge is -2.10. The van der Waals surface area contributed by atoms with Crippen molar-refractivity contribution in [2.45, 2.75) is 20.3 Å². The molecule has 7 nitrogen and oxygen atoms in total. The predicted octanol–water partition coefficient (Wildman–Crippen LogP) is 5.72. The monoisotopic (exact) mass is 484 g/mol. The minimum Gasteiger partial charge on any atom is -0.298 e. The molecule has 33 heavy (non-hydrogen) atoms. The number of halogens is 3. The number of hydrogen-bond donors (Lipinski definition) is 1. The SMILES string of the molecule is Cc1cccc(-c2nc(NC(=O)c3c(C)nn(-c4ccccc4Cl)c3C(F)F)sc2C#N)n1. The molecule has 0 aliphatic heterocycles. The van der Waals surface area contributed by atoms with Crippen LogP contribution in [-0.2, 0) is 0 Å². The van der Waals surface area contributed by atoms with Crippen LogP contribution in [0.3, 0.4) is 0 Å². The summed E-state index contributed by atoms with van der Waals surface area (Å²) in [5.41, 5.74) is 0.966. The van der Waals surface area contributed by atoms with E-state index >= 15 is 0 Å². The van der Waals surface area contributed by atoms with Gasteiger partial charge >= 0.3 is 0 Å². The van der Waals surface area contributed by atoms with Crippen LogP contribution in [0.4, 0.5) is 13.9 Å². The van der Waals surface area contributed by atoms with Gasteiger partial charge < -0.3 is 0 Å². The third kappa shape index (κ3) is 4.33. The number of carbonyl (C=O) groups is 1. The van der Waals surface area contributed by atoms with Gasteiger partial charge in [-0.3, -0.25) is 15.1 Å². The number of nitrogens with one attached hydrogen (secondary N) is 1. The van der Waals surface area contributed by atoms with E-state index in [1.165, 1.54) is 13.0 Å². The van der Waals surface area contributed by atoms with E-state index in [1.807, 2.05) is 6.07 Å². The van der Waals surface area contributed by atoms with Crippen molar-refractivity contribution in [2.75, 3.05) is 5.32 Å². The van der Waals surface area contributed by atoms with Gasteiger partial charge in [0.1, 0.15) is 22.3 Å². The van der Waals surface area contributed by atoms with E-state index in [0.717, 1.165) is 21.7 Å². The Morgan fingerprint density at radius 3 is 2.61 bits per heavy atom. The number of nitriles is 1. The summed E-state index contributed by atoms with van der Waals surface area (Å²) in [4.78, 5) is 21.9. The quantitative estimate of drug-likeness (QED) is 0.390. The molecule has 0 atom stereocenters. The second-order valence-electron chi connectivity index (χ2n) is 6.94. The number of carbonyl (C=O) groups excluding carboxylic acids is 1. The minimum atomic E-state index is -3.00.